The molecule has 0 aliphatic heterocycles. The van der Waals surface area contributed by atoms with Gasteiger partial charge in [0.2, 0.25) is 0 Å². The lowest BCUT2D eigenvalue weighted by Gasteiger charge is -2.45. The average Bonchev–Trinajstić information content (AvgIpc) is 2.60. The highest BCUT2D eigenvalue weighted by atomic mass is 16.3. The maximum absolute atomic E-state index is 10.5. The van der Waals surface area contributed by atoms with Gasteiger partial charge in [0.15, 0.2) is 0 Å². The van der Waals surface area contributed by atoms with E-state index >= 15 is 0 Å². The predicted molar refractivity (Wildman–Crippen MR) is 71.1 cm³/mol. The van der Waals surface area contributed by atoms with Crippen molar-refractivity contribution in [1.29, 1.82) is 0 Å². The van der Waals surface area contributed by atoms with Gasteiger partial charge in [-0.25, -0.2) is 9.67 Å². The molecule has 2 rings (SSSR count). The summed E-state index contributed by atoms with van der Waals surface area (Å²) in [5.74, 6) is 2.80. The normalized spacial score (nSPS) is 27.8. The molecule has 1 heterocycles. The van der Waals surface area contributed by atoms with Gasteiger partial charge in [-0.1, -0.05) is 27.7 Å². The summed E-state index contributed by atoms with van der Waals surface area (Å²) in [6.07, 6.45) is 4.04. The third-order valence-electron chi connectivity index (χ3n) is 3.95. The highest BCUT2D eigenvalue weighted by molar-refractivity contribution is 5.02. The molecule has 0 unspecified atom stereocenters. The lowest BCUT2D eigenvalue weighted by Crippen LogP contribution is -2.48. The Morgan fingerprint density at radius 3 is 2.61 bits per heavy atom. The lowest BCUT2D eigenvalue weighted by molar-refractivity contribution is -0.0878. The molecule has 0 radical (unpaired) electrons. The number of nitrogens with zero attached hydrogens (tertiary/aromatic N) is 3. The first-order chi connectivity index (χ1) is 8.39. The predicted octanol–water partition coefficient (Wildman–Crippen LogP) is 2.27. The molecule has 1 fully saturated rings. The Kier molecular flexibility index (Phi) is 3.76. The summed E-state index contributed by atoms with van der Waals surface area (Å²) < 4.78 is 1.94. The molecule has 4 heteroatoms. The topological polar surface area (TPSA) is 50.9 Å². The fourth-order valence-corrected chi connectivity index (χ4v) is 2.75. The molecule has 0 amide bonds. The van der Waals surface area contributed by atoms with Gasteiger partial charge in [0.1, 0.15) is 12.2 Å². The van der Waals surface area contributed by atoms with Gasteiger partial charge < -0.3 is 5.11 Å². The van der Waals surface area contributed by atoms with Gasteiger partial charge in [-0.3, -0.25) is 0 Å². The van der Waals surface area contributed by atoms with Crippen molar-refractivity contribution >= 4 is 0 Å². The van der Waals surface area contributed by atoms with Crippen molar-refractivity contribution in [1.82, 2.24) is 14.8 Å². The third kappa shape index (κ3) is 2.91. The van der Waals surface area contributed by atoms with E-state index in [1.807, 2.05) is 4.68 Å². The molecule has 0 bridgehead atoms. The van der Waals surface area contributed by atoms with Crippen LogP contribution in [0, 0.1) is 17.8 Å². The van der Waals surface area contributed by atoms with Gasteiger partial charge >= 0.3 is 0 Å². The molecule has 1 aromatic rings. The van der Waals surface area contributed by atoms with Crippen molar-refractivity contribution in [2.24, 2.45) is 17.8 Å². The molecule has 1 aromatic heterocycles. The Morgan fingerprint density at radius 2 is 2.06 bits per heavy atom. The molecule has 102 valence electrons. The molecule has 1 N–H and O–H groups in total. The van der Waals surface area contributed by atoms with Crippen molar-refractivity contribution in [2.75, 3.05) is 0 Å². The minimum Gasteiger partial charge on any atom is -0.389 e. The maximum atomic E-state index is 10.5. The van der Waals surface area contributed by atoms with Crippen LogP contribution < -0.4 is 0 Å². The second kappa shape index (κ2) is 5.00. The zero-order chi connectivity index (χ0) is 13.3. The molecule has 0 atom stereocenters. The summed E-state index contributed by atoms with van der Waals surface area (Å²) in [7, 11) is 0. The summed E-state index contributed by atoms with van der Waals surface area (Å²) >= 11 is 0. The zero-order valence-corrected chi connectivity index (χ0v) is 11.9. The molecular weight excluding hydrogens is 226 g/mol. The SMILES string of the molecule is CC(C)Cn1ncnc1CC1(O)CC(C(C)C)C1. The number of aromatic nitrogens is 3. The van der Waals surface area contributed by atoms with Crippen LogP contribution in [0.25, 0.3) is 0 Å². The maximum Gasteiger partial charge on any atom is 0.138 e. The molecule has 0 saturated heterocycles. The summed E-state index contributed by atoms with van der Waals surface area (Å²) in [6.45, 7) is 9.66. The van der Waals surface area contributed by atoms with Crippen molar-refractivity contribution < 1.29 is 5.11 Å². The summed E-state index contributed by atoms with van der Waals surface area (Å²) in [5, 5.41) is 14.7. The summed E-state index contributed by atoms with van der Waals surface area (Å²) in [4.78, 5) is 4.30. The zero-order valence-electron chi connectivity index (χ0n) is 11.9. The first kappa shape index (κ1) is 13.5. The van der Waals surface area contributed by atoms with Crippen molar-refractivity contribution in [3.05, 3.63) is 12.2 Å². The Labute approximate surface area is 109 Å². The Balaban J connectivity index is 1.96. The van der Waals surface area contributed by atoms with E-state index in [2.05, 4.69) is 37.8 Å². The second-order valence-electron chi connectivity index (χ2n) is 6.57. The fourth-order valence-electron chi connectivity index (χ4n) is 2.75. The van der Waals surface area contributed by atoms with Crippen LogP contribution in [-0.2, 0) is 13.0 Å². The van der Waals surface area contributed by atoms with E-state index in [4.69, 9.17) is 0 Å². The molecule has 1 aliphatic rings. The van der Waals surface area contributed by atoms with Gasteiger partial charge in [-0.05, 0) is 30.6 Å². The number of rotatable bonds is 5. The molecule has 4 nitrogen and oxygen atoms in total. The van der Waals surface area contributed by atoms with E-state index < -0.39 is 5.60 Å². The first-order valence-corrected chi connectivity index (χ1v) is 6.99. The van der Waals surface area contributed by atoms with E-state index in [0.717, 1.165) is 25.2 Å². The molecular formula is C14H25N3O. The van der Waals surface area contributed by atoms with Crippen LogP contribution in [0.1, 0.15) is 46.4 Å². The number of aliphatic hydroxyl groups is 1. The fraction of sp³-hybridized carbons (Fsp3) is 0.857. The van der Waals surface area contributed by atoms with Gasteiger partial charge in [-0.15, -0.1) is 0 Å². The molecule has 18 heavy (non-hydrogen) atoms. The molecule has 0 aromatic carbocycles. The van der Waals surface area contributed by atoms with Crippen LogP contribution in [0.5, 0.6) is 0 Å². The summed E-state index contributed by atoms with van der Waals surface area (Å²) in [5.41, 5.74) is -0.545. The van der Waals surface area contributed by atoms with E-state index in [1.165, 1.54) is 0 Å². The lowest BCUT2D eigenvalue weighted by atomic mass is 9.65. The van der Waals surface area contributed by atoms with E-state index in [-0.39, 0.29) is 0 Å². The monoisotopic (exact) mass is 251 g/mol. The third-order valence-corrected chi connectivity index (χ3v) is 3.95. The quantitative estimate of drug-likeness (QED) is 0.873. The Bertz CT molecular complexity index is 391. The van der Waals surface area contributed by atoms with Crippen LogP contribution >= 0.6 is 0 Å². The van der Waals surface area contributed by atoms with Crippen molar-refractivity contribution in [3.63, 3.8) is 0 Å². The van der Waals surface area contributed by atoms with Crippen LogP contribution in [0.2, 0.25) is 0 Å². The van der Waals surface area contributed by atoms with E-state index in [0.29, 0.717) is 24.2 Å². The number of hydrogen-bond acceptors (Lipinski definition) is 3. The molecule has 1 saturated carbocycles. The highest BCUT2D eigenvalue weighted by Crippen LogP contribution is 2.43. The average molecular weight is 251 g/mol. The Hall–Kier alpha value is -0.900. The van der Waals surface area contributed by atoms with Gasteiger partial charge in [0.25, 0.3) is 0 Å². The van der Waals surface area contributed by atoms with Gasteiger partial charge in [0.05, 0.1) is 5.60 Å². The smallest absolute Gasteiger partial charge is 0.138 e. The Morgan fingerprint density at radius 1 is 1.39 bits per heavy atom. The largest absolute Gasteiger partial charge is 0.389 e. The minimum atomic E-state index is -0.545. The molecule has 1 aliphatic carbocycles. The van der Waals surface area contributed by atoms with Gasteiger partial charge in [-0.2, -0.15) is 5.10 Å². The second-order valence-corrected chi connectivity index (χ2v) is 6.57. The van der Waals surface area contributed by atoms with Gasteiger partial charge in [0, 0.05) is 13.0 Å². The van der Waals surface area contributed by atoms with Crippen molar-refractivity contribution in [2.45, 2.75) is 59.1 Å². The van der Waals surface area contributed by atoms with Crippen LogP contribution in [0.3, 0.4) is 0 Å². The van der Waals surface area contributed by atoms with Crippen LogP contribution in [-0.4, -0.2) is 25.5 Å². The van der Waals surface area contributed by atoms with E-state index in [9.17, 15) is 5.11 Å². The first-order valence-electron chi connectivity index (χ1n) is 6.99. The van der Waals surface area contributed by atoms with Crippen LogP contribution in [0.4, 0.5) is 0 Å². The number of hydrogen-bond donors (Lipinski definition) is 1. The highest BCUT2D eigenvalue weighted by Gasteiger charge is 2.44. The van der Waals surface area contributed by atoms with Crippen molar-refractivity contribution in [3.8, 4) is 0 Å². The summed E-state index contributed by atoms with van der Waals surface area (Å²) in [6, 6.07) is 0. The van der Waals surface area contributed by atoms with E-state index in [1.54, 1.807) is 6.33 Å². The van der Waals surface area contributed by atoms with Crippen LogP contribution in [0.15, 0.2) is 6.33 Å². The minimum absolute atomic E-state index is 0.545. The standard InChI is InChI=1S/C14H25N3O/c1-10(2)8-17-13(15-9-16-17)7-14(18)5-12(6-14)11(3)4/h9-12,18H,5-8H2,1-4H3. The molecule has 0 spiro atoms.